The lowest BCUT2D eigenvalue weighted by Gasteiger charge is -2.37. The Morgan fingerprint density at radius 3 is 2.38 bits per heavy atom. The SMILES string of the molecule is CB/C=C(\C(C)=N)c1cc2c(cn1)CN(c1c(F)c(OC)cc(OC)c1F)C(=O)N2Cc1ccn(C)c(=O)c1. The van der Waals surface area contributed by atoms with Gasteiger partial charge in [0.15, 0.2) is 23.1 Å². The van der Waals surface area contributed by atoms with E-state index in [0.29, 0.717) is 41.1 Å². The molecule has 2 aromatic heterocycles. The van der Waals surface area contributed by atoms with Crippen molar-refractivity contribution < 1.29 is 23.0 Å². The minimum Gasteiger partial charge on any atom is -0.493 e. The molecule has 0 saturated heterocycles. The van der Waals surface area contributed by atoms with Crippen molar-refractivity contribution in [3.05, 3.63) is 81.4 Å². The van der Waals surface area contributed by atoms with Crippen molar-refractivity contribution in [1.29, 1.82) is 5.41 Å². The van der Waals surface area contributed by atoms with E-state index in [9.17, 15) is 9.59 Å². The van der Waals surface area contributed by atoms with Gasteiger partial charge < -0.3 is 19.5 Å². The average molecular weight is 535 g/mol. The van der Waals surface area contributed by atoms with Gasteiger partial charge in [0.1, 0.15) is 13.0 Å². The summed E-state index contributed by atoms with van der Waals surface area (Å²) in [5.41, 5.74) is 2.00. The van der Waals surface area contributed by atoms with Gasteiger partial charge in [0.05, 0.1) is 38.7 Å². The summed E-state index contributed by atoms with van der Waals surface area (Å²) in [6.07, 6.45) is 3.11. The van der Waals surface area contributed by atoms with Crippen LogP contribution in [0.25, 0.3) is 5.57 Å². The number of pyridine rings is 2. The van der Waals surface area contributed by atoms with Crippen molar-refractivity contribution in [2.45, 2.75) is 26.8 Å². The highest BCUT2D eigenvalue weighted by atomic mass is 19.1. The molecule has 1 N–H and O–H groups in total. The molecule has 0 radical (unpaired) electrons. The van der Waals surface area contributed by atoms with E-state index in [0.717, 1.165) is 11.0 Å². The summed E-state index contributed by atoms with van der Waals surface area (Å²) < 4.78 is 42.4. The third-order valence-corrected chi connectivity index (χ3v) is 6.46. The molecule has 202 valence electrons. The molecule has 9 nitrogen and oxygen atoms in total. The number of hydrogen-bond donors (Lipinski definition) is 1. The number of carbonyl (C=O) groups is 1. The smallest absolute Gasteiger partial charge is 0.329 e. The van der Waals surface area contributed by atoms with Crippen LogP contribution in [0.2, 0.25) is 6.82 Å². The van der Waals surface area contributed by atoms with Gasteiger partial charge in [-0.3, -0.25) is 19.6 Å². The number of aryl methyl sites for hydroxylation is 1. The van der Waals surface area contributed by atoms with Crippen molar-refractivity contribution in [2.24, 2.45) is 7.05 Å². The molecule has 3 heterocycles. The lowest BCUT2D eigenvalue weighted by atomic mass is 9.79. The number of ether oxygens (including phenoxy) is 2. The fourth-order valence-electron chi connectivity index (χ4n) is 4.44. The number of rotatable bonds is 8. The molecule has 0 unspecified atom stereocenters. The van der Waals surface area contributed by atoms with Crippen LogP contribution in [0.5, 0.6) is 11.5 Å². The maximum absolute atomic E-state index is 15.5. The fraction of sp³-hybridized carbons (Fsp3) is 0.259. The van der Waals surface area contributed by atoms with Crippen molar-refractivity contribution >= 4 is 36.0 Å². The molecule has 4 rings (SSSR count). The summed E-state index contributed by atoms with van der Waals surface area (Å²) in [4.78, 5) is 33.1. The first-order valence-corrected chi connectivity index (χ1v) is 12.2. The number of carbonyl (C=O) groups excluding carboxylic acids is 1. The topological polar surface area (TPSA) is 101 Å². The van der Waals surface area contributed by atoms with Crippen molar-refractivity contribution in [2.75, 3.05) is 24.0 Å². The maximum Gasteiger partial charge on any atom is 0.329 e. The highest BCUT2D eigenvalue weighted by Gasteiger charge is 2.37. The van der Waals surface area contributed by atoms with Gasteiger partial charge in [-0.2, -0.15) is 0 Å². The van der Waals surface area contributed by atoms with Crippen molar-refractivity contribution in [1.82, 2.24) is 9.55 Å². The number of allylic oxidation sites excluding steroid dienone is 1. The zero-order chi connectivity index (χ0) is 28.4. The Bertz CT molecular complexity index is 1530. The minimum absolute atomic E-state index is 0.0530. The van der Waals surface area contributed by atoms with Crippen LogP contribution < -0.4 is 24.8 Å². The van der Waals surface area contributed by atoms with E-state index in [1.165, 1.54) is 35.9 Å². The Hall–Kier alpha value is -4.48. The second kappa shape index (κ2) is 11.1. The Balaban J connectivity index is 1.91. The normalized spacial score (nSPS) is 13.3. The molecule has 0 bridgehead atoms. The van der Waals surface area contributed by atoms with Gasteiger partial charge in [0.25, 0.3) is 5.56 Å². The zero-order valence-corrected chi connectivity index (χ0v) is 22.3. The van der Waals surface area contributed by atoms with Crippen LogP contribution in [-0.2, 0) is 20.1 Å². The zero-order valence-electron chi connectivity index (χ0n) is 22.3. The predicted molar refractivity (Wildman–Crippen MR) is 148 cm³/mol. The first kappa shape index (κ1) is 27.6. The number of nitrogens with one attached hydrogen (secondary N) is 1. The van der Waals surface area contributed by atoms with Crippen LogP contribution in [0.4, 0.5) is 25.0 Å². The lowest BCUT2D eigenvalue weighted by molar-refractivity contribution is 0.249. The van der Waals surface area contributed by atoms with E-state index in [1.54, 1.807) is 32.3 Å². The van der Waals surface area contributed by atoms with Crippen molar-refractivity contribution in [3.8, 4) is 11.5 Å². The Labute approximate surface area is 225 Å². The number of nitrogens with zero attached hydrogens (tertiary/aromatic N) is 4. The van der Waals surface area contributed by atoms with E-state index in [-0.39, 0.29) is 30.1 Å². The number of aromatic nitrogens is 2. The van der Waals surface area contributed by atoms with E-state index < -0.39 is 23.4 Å². The largest absolute Gasteiger partial charge is 0.493 e. The van der Waals surface area contributed by atoms with Gasteiger partial charge in [-0.25, -0.2) is 13.6 Å². The minimum atomic E-state index is -1.06. The van der Waals surface area contributed by atoms with Gasteiger partial charge >= 0.3 is 6.03 Å². The molecule has 12 heteroatoms. The molecule has 1 aromatic carbocycles. The van der Waals surface area contributed by atoms with E-state index >= 15 is 8.78 Å². The Morgan fingerprint density at radius 1 is 1.15 bits per heavy atom. The van der Waals surface area contributed by atoms with Crippen LogP contribution >= 0.6 is 0 Å². The first-order valence-electron chi connectivity index (χ1n) is 12.2. The molecule has 0 aliphatic carbocycles. The van der Waals surface area contributed by atoms with Gasteiger partial charge in [0.2, 0.25) is 0 Å². The quantitative estimate of drug-likeness (QED) is 0.346. The van der Waals surface area contributed by atoms with Crippen LogP contribution in [0.1, 0.15) is 23.7 Å². The molecule has 1 aliphatic rings. The number of amides is 2. The summed E-state index contributed by atoms with van der Waals surface area (Å²) in [5.74, 6) is -0.822. The van der Waals surface area contributed by atoms with Gasteiger partial charge in [-0.1, -0.05) is 6.82 Å². The summed E-state index contributed by atoms with van der Waals surface area (Å²) in [6.45, 7) is 3.35. The van der Waals surface area contributed by atoms with Crippen LogP contribution in [0.15, 0.2) is 47.4 Å². The molecule has 0 saturated carbocycles. The molecule has 0 atom stereocenters. The summed E-state index contributed by atoms with van der Waals surface area (Å²) >= 11 is 0. The van der Waals surface area contributed by atoms with Gasteiger partial charge in [0, 0.05) is 48.4 Å². The third kappa shape index (κ3) is 5.14. The summed E-state index contributed by atoms with van der Waals surface area (Å²) in [7, 11) is 4.74. The van der Waals surface area contributed by atoms with Crippen LogP contribution in [0, 0.1) is 17.0 Å². The van der Waals surface area contributed by atoms with E-state index in [2.05, 4.69) is 4.98 Å². The Kier molecular flexibility index (Phi) is 7.84. The summed E-state index contributed by atoms with van der Waals surface area (Å²) in [5, 5.41) is 8.17. The predicted octanol–water partition coefficient (Wildman–Crippen LogP) is 4.09. The van der Waals surface area contributed by atoms with E-state index in [1.807, 2.05) is 12.8 Å². The number of anilines is 2. The Morgan fingerprint density at radius 2 is 1.82 bits per heavy atom. The summed E-state index contributed by atoms with van der Waals surface area (Å²) in [6, 6.07) is 5.12. The van der Waals surface area contributed by atoms with Crippen LogP contribution in [-0.4, -0.2) is 42.8 Å². The lowest BCUT2D eigenvalue weighted by Crippen LogP contribution is -2.48. The number of methoxy groups -OCH3 is 2. The van der Waals surface area contributed by atoms with Gasteiger partial charge in [-0.05, 0) is 24.6 Å². The number of urea groups is 1. The highest BCUT2D eigenvalue weighted by Crippen LogP contribution is 2.41. The molecule has 0 spiro atoms. The number of fused-ring (bicyclic) bond motifs is 1. The number of benzene rings is 1. The average Bonchev–Trinajstić information content (AvgIpc) is 2.91. The molecule has 1 aliphatic heterocycles. The highest BCUT2D eigenvalue weighted by molar-refractivity contribution is 6.45. The maximum atomic E-state index is 15.5. The fourth-order valence-corrected chi connectivity index (χ4v) is 4.44. The molecular formula is C27H28BF2N5O4. The second-order valence-electron chi connectivity index (χ2n) is 9.05. The van der Waals surface area contributed by atoms with Crippen LogP contribution in [0.3, 0.4) is 0 Å². The third-order valence-electron chi connectivity index (χ3n) is 6.46. The molecule has 39 heavy (non-hydrogen) atoms. The first-order chi connectivity index (χ1) is 18.6. The van der Waals surface area contributed by atoms with Crippen molar-refractivity contribution in [3.63, 3.8) is 0 Å². The molecule has 2 amide bonds. The molecule has 0 fully saturated rings. The molecular weight excluding hydrogens is 507 g/mol. The number of halogens is 2. The van der Waals surface area contributed by atoms with E-state index in [4.69, 9.17) is 14.9 Å². The second-order valence-corrected chi connectivity index (χ2v) is 9.05. The number of hydrogen-bond acceptors (Lipinski definition) is 6. The molecule has 3 aromatic rings. The monoisotopic (exact) mass is 535 g/mol. The van der Waals surface area contributed by atoms with Gasteiger partial charge in [-0.15, -0.1) is 5.98 Å². The standard InChI is InChI=1S/C27H28BF2N5O4/c1-15(31)18(11-28-2)19-9-20-17(12-32-19)14-35(26-24(29)21(38-4)10-22(39-5)25(26)30)27(37)34(20)13-16-6-7-33(3)23(36)8-16/h6-12,28,31H,13-14H2,1-5H3/b18-11+,31-15?.